The largest absolute Gasteiger partial charge is 0.324 e. The fourth-order valence-corrected chi connectivity index (χ4v) is 4.73. The molecule has 1 heterocycles. The fourth-order valence-electron chi connectivity index (χ4n) is 2.20. The fraction of sp³-hybridized carbons (Fsp3) is 0.462. The molecule has 4 nitrogen and oxygen atoms in total. The lowest BCUT2D eigenvalue weighted by Crippen LogP contribution is -2.39. The lowest BCUT2D eigenvalue weighted by molar-refractivity contribution is -0.116. The molecule has 0 spiro atoms. The summed E-state index contributed by atoms with van der Waals surface area (Å²) in [5, 5.41) is 2.22. The van der Waals surface area contributed by atoms with Crippen LogP contribution in [-0.4, -0.2) is 25.3 Å². The van der Waals surface area contributed by atoms with Crippen LogP contribution < -0.4 is 5.32 Å². The second-order valence-corrected chi connectivity index (χ2v) is 8.49. The first-order chi connectivity index (χ1) is 9.31. The van der Waals surface area contributed by atoms with Gasteiger partial charge in [-0.2, -0.15) is 0 Å². The van der Waals surface area contributed by atoms with Crippen molar-refractivity contribution in [3.05, 3.63) is 27.2 Å². The zero-order valence-corrected chi connectivity index (χ0v) is 14.1. The number of hydrogen-bond acceptors (Lipinski definition) is 3. The number of rotatable bonds is 2. The van der Waals surface area contributed by atoms with E-state index >= 15 is 0 Å². The normalized spacial score (nSPS) is 21.4. The van der Waals surface area contributed by atoms with Gasteiger partial charge in [-0.3, -0.25) is 4.79 Å². The molecule has 1 aliphatic heterocycles. The molecule has 110 valence electrons. The molecular weight excluding hydrogens is 366 g/mol. The van der Waals surface area contributed by atoms with Crippen molar-refractivity contribution in [1.82, 2.24) is 0 Å². The molecule has 2 rings (SSSR count). The van der Waals surface area contributed by atoms with E-state index in [4.69, 9.17) is 11.6 Å². The first-order valence-electron chi connectivity index (χ1n) is 6.29. The number of carbonyl (C=O) groups excluding carboxylic acids is 1. The van der Waals surface area contributed by atoms with Crippen LogP contribution in [0.15, 0.2) is 16.6 Å². The Morgan fingerprint density at radius 2 is 2.10 bits per heavy atom. The summed E-state index contributed by atoms with van der Waals surface area (Å²) in [6, 6.07) is 3.40. The van der Waals surface area contributed by atoms with E-state index in [9.17, 15) is 13.2 Å². The van der Waals surface area contributed by atoms with Crippen molar-refractivity contribution in [1.29, 1.82) is 0 Å². The quantitative estimate of drug-likeness (QED) is 0.856. The molecule has 1 unspecified atom stereocenters. The summed E-state index contributed by atoms with van der Waals surface area (Å²) in [5.74, 6) is -0.397. The van der Waals surface area contributed by atoms with Gasteiger partial charge in [0.1, 0.15) is 5.25 Å². The first kappa shape index (κ1) is 15.8. The van der Waals surface area contributed by atoms with Crippen LogP contribution in [-0.2, 0) is 14.6 Å². The monoisotopic (exact) mass is 379 g/mol. The third kappa shape index (κ3) is 3.35. The lowest BCUT2D eigenvalue weighted by atomic mass is 10.1. The molecule has 20 heavy (non-hydrogen) atoms. The number of hydrogen-bond donors (Lipinski definition) is 1. The summed E-state index contributed by atoms with van der Waals surface area (Å²) in [4.78, 5) is 12.2. The van der Waals surface area contributed by atoms with Gasteiger partial charge < -0.3 is 5.32 Å². The van der Waals surface area contributed by atoms with Gasteiger partial charge in [-0.15, -0.1) is 0 Å². The minimum atomic E-state index is -3.33. The van der Waals surface area contributed by atoms with Gasteiger partial charge in [0.2, 0.25) is 5.91 Å². The van der Waals surface area contributed by atoms with Crippen LogP contribution in [0.2, 0.25) is 5.02 Å². The number of nitrogens with one attached hydrogen (secondary N) is 1. The van der Waals surface area contributed by atoms with E-state index in [1.54, 1.807) is 12.1 Å². The molecule has 1 atom stereocenters. The molecule has 0 bridgehead atoms. The Hall–Kier alpha value is -0.590. The van der Waals surface area contributed by atoms with Crippen molar-refractivity contribution in [3.63, 3.8) is 0 Å². The second kappa shape index (κ2) is 6.03. The number of sulfone groups is 1. The van der Waals surface area contributed by atoms with E-state index in [1.807, 2.05) is 6.92 Å². The van der Waals surface area contributed by atoms with E-state index in [0.29, 0.717) is 28.0 Å². The van der Waals surface area contributed by atoms with Gasteiger partial charge in [-0.25, -0.2) is 8.42 Å². The standard InChI is InChI=1S/C13H15BrClNO3S/c1-8-6-9(14)11(7-10(8)15)16-13(17)12-4-2-3-5-20(12,18)19/h6-7,12H,2-5H2,1H3,(H,16,17). The highest BCUT2D eigenvalue weighted by Crippen LogP contribution is 2.30. The molecule has 1 N–H and O–H groups in total. The highest BCUT2D eigenvalue weighted by Gasteiger charge is 2.35. The van der Waals surface area contributed by atoms with Gasteiger partial charge in [0, 0.05) is 9.50 Å². The van der Waals surface area contributed by atoms with Crippen molar-refractivity contribution in [2.75, 3.05) is 11.1 Å². The highest BCUT2D eigenvalue weighted by atomic mass is 79.9. The predicted octanol–water partition coefficient (Wildman–Crippen LogP) is 3.32. The minimum absolute atomic E-state index is 0.0842. The summed E-state index contributed by atoms with van der Waals surface area (Å²) in [5.41, 5.74) is 1.37. The average molecular weight is 381 g/mol. The molecule has 0 saturated carbocycles. The van der Waals surface area contributed by atoms with Gasteiger partial charge >= 0.3 is 0 Å². The van der Waals surface area contributed by atoms with Crippen molar-refractivity contribution in [3.8, 4) is 0 Å². The Morgan fingerprint density at radius 3 is 2.75 bits per heavy atom. The summed E-state index contributed by atoms with van der Waals surface area (Å²) in [6.45, 7) is 1.85. The van der Waals surface area contributed by atoms with Crippen LogP contribution in [0.3, 0.4) is 0 Å². The Morgan fingerprint density at radius 1 is 1.40 bits per heavy atom. The van der Waals surface area contributed by atoms with Gasteiger partial charge in [-0.05, 0) is 53.4 Å². The van der Waals surface area contributed by atoms with Gasteiger partial charge in [0.05, 0.1) is 11.4 Å². The molecule has 1 amide bonds. The lowest BCUT2D eigenvalue weighted by Gasteiger charge is -2.21. The average Bonchev–Trinajstić information content (AvgIpc) is 2.35. The second-order valence-electron chi connectivity index (χ2n) is 4.92. The number of carbonyl (C=O) groups is 1. The summed E-state index contributed by atoms with van der Waals surface area (Å²) in [6.07, 6.45) is 1.77. The molecule has 1 aromatic carbocycles. The van der Waals surface area contributed by atoms with Crippen LogP contribution in [0.4, 0.5) is 5.69 Å². The molecule has 0 radical (unpaired) electrons. The zero-order chi connectivity index (χ0) is 14.9. The van der Waals surface area contributed by atoms with Crippen LogP contribution in [0, 0.1) is 6.92 Å². The molecule has 1 aromatic rings. The zero-order valence-electron chi connectivity index (χ0n) is 10.9. The van der Waals surface area contributed by atoms with Crippen LogP contribution in [0.5, 0.6) is 0 Å². The Kier molecular flexibility index (Phi) is 4.76. The smallest absolute Gasteiger partial charge is 0.242 e. The van der Waals surface area contributed by atoms with Gasteiger partial charge in [-0.1, -0.05) is 18.0 Å². The van der Waals surface area contributed by atoms with E-state index in [-0.39, 0.29) is 5.75 Å². The maximum atomic E-state index is 12.2. The topological polar surface area (TPSA) is 63.2 Å². The van der Waals surface area contributed by atoms with Crippen molar-refractivity contribution < 1.29 is 13.2 Å². The van der Waals surface area contributed by atoms with E-state index < -0.39 is 21.0 Å². The number of benzene rings is 1. The third-order valence-corrected chi connectivity index (χ3v) is 6.62. The van der Waals surface area contributed by atoms with Crippen LogP contribution >= 0.6 is 27.5 Å². The number of amides is 1. The molecule has 7 heteroatoms. The number of anilines is 1. The maximum Gasteiger partial charge on any atom is 0.242 e. The summed E-state index contributed by atoms with van der Waals surface area (Å²) in [7, 11) is -3.33. The Bertz CT molecular complexity index is 645. The molecular formula is C13H15BrClNO3S. The van der Waals surface area contributed by atoms with Gasteiger partial charge in [0.25, 0.3) is 0 Å². The van der Waals surface area contributed by atoms with E-state index in [2.05, 4.69) is 21.2 Å². The molecule has 1 fully saturated rings. The van der Waals surface area contributed by atoms with E-state index in [1.165, 1.54) is 0 Å². The van der Waals surface area contributed by atoms with Crippen molar-refractivity contribution >= 4 is 49.0 Å². The summed E-state index contributed by atoms with van der Waals surface area (Å²) < 4.78 is 24.5. The summed E-state index contributed by atoms with van der Waals surface area (Å²) >= 11 is 9.36. The molecule has 1 saturated heterocycles. The maximum absolute atomic E-state index is 12.2. The molecule has 0 aliphatic carbocycles. The van der Waals surface area contributed by atoms with Crippen LogP contribution in [0.25, 0.3) is 0 Å². The minimum Gasteiger partial charge on any atom is -0.324 e. The van der Waals surface area contributed by atoms with E-state index in [0.717, 1.165) is 12.0 Å². The molecule has 0 aromatic heterocycles. The van der Waals surface area contributed by atoms with Crippen molar-refractivity contribution in [2.45, 2.75) is 31.4 Å². The third-order valence-electron chi connectivity index (χ3n) is 3.38. The van der Waals surface area contributed by atoms with Crippen molar-refractivity contribution in [2.24, 2.45) is 0 Å². The SMILES string of the molecule is Cc1cc(Br)c(NC(=O)C2CCCCS2(=O)=O)cc1Cl. The first-order valence-corrected chi connectivity index (χ1v) is 9.18. The Labute approximate surface area is 131 Å². The highest BCUT2D eigenvalue weighted by molar-refractivity contribution is 9.10. The Balaban J connectivity index is 2.22. The number of aryl methyl sites for hydroxylation is 1. The van der Waals surface area contributed by atoms with Gasteiger partial charge in [0.15, 0.2) is 9.84 Å². The predicted molar refractivity (Wildman–Crippen MR) is 83.9 cm³/mol. The molecule has 1 aliphatic rings. The number of halogens is 2. The van der Waals surface area contributed by atoms with Crippen LogP contribution in [0.1, 0.15) is 24.8 Å².